The van der Waals surface area contributed by atoms with Gasteiger partial charge in [0.1, 0.15) is 0 Å². The Morgan fingerprint density at radius 1 is 0.431 bits per heavy atom. The van der Waals surface area contributed by atoms with Gasteiger partial charge in [-0.3, -0.25) is 9.59 Å². The molecule has 0 spiro atoms. The zero-order valence-corrected chi connectivity index (χ0v) is 43.5. The molecule has 0 saturated heterocycles. The normalized spacial score (nSPS) is 12.9. The lowest BCUT2D eigenvalue weighted by atomic mass is 10.0. The second kappa shape index (κ2) is 54.7. The number of unbranched alkanes of at least 4 members (excludes halogenated alkanes) is 36. The Labute approximate surface area is 404 Å². The minimum Gasteiger partial charge on any atom is -0.466 e. The molecule has 0 bridgehead atoms. The summed E-state index contributed by atoms with van der Waals surface area (Å²) in [5.74, 6) is -0.0489. The van der Waals surface area contributed by atoms with Crippen LogP contribution < -0.4 is 5.32 Å². The quantitative estimate of drug-likeness (QED) is 0.0321. The molecule has 0 fully saturated rings. The van der Waals surface area contributed by atoms with Gasteiger partial charge in [-0.25, -0.2) is 0 Å². The highest BCUT2D eigenvalue weighted by Gasteiger charge is 2.20. The van der Waals surface area contributed by atoms with Crippen LogP contribution in [0.2, 0.25) is 0 Å². The van der Waals surface area contributed by atoms with E-state index in [2.05, 4.69) is 55.6 Å². The molecule has 6 nitrogen and oxygen atoms in total. The van der Waals surface area contributed by atoms with Crippen LogP contribution in [0, 0.1) is 0 Å². The zero-order chi connectivity index (χ0) is 47.2. The van der Waals surface area contributed by atoms with Gasteiger partial charge in [-0.1, -0.05) is 243 Å². The number of hydrogen-bond donors (Lipinski definition) is 3. The predicted octanol–water partition coefficient (Wildman–Crippen LogP) is 17.6. The lowest BCUT2D eigenvalue weighted by molar-refractivity contribution is -0.143. The highest BCUT2D eigenvalue weighted by Crippen LogP contribution is 2.16. The number of carbonyl (C=O) groups excluding carboxylic acids is 2. The van der Waals surface area contributed by atoms with Crippen molar-refractivity contribution in [1.82, 2.24) is 5.32 Å². The monoisotopic (exact) mass is 914 g/mol. The number of nitrogens with one attached hydrogen (secondary N) is 1. The summed E-state index contributed by atoms with van der Waals surface area (Å²) in [4.78, 5) is 24.4. The smallest absolute Gasteiger partial charge is 0.305 e. The van der Waals surface area contributed by atoms with E-state index in [0.717, 1.165) is 57.8 Å². The summed E-state index contributed by atoms with van der Waals surface area (Å²) in [6.45, 7) is 4.92. The third-order valence-corrected chi connectivity index (χ3v) is 13.2. The van der Waals surface area contributed by atoms with Crippen molar-refractivity contribution < 1.29 is 24.5 Å². The van der Waals surface area contributed by atoms with E-state index in [9.17, 15) is 19.8 Å². The molecule has 0 radical (unpaired) electrons. The Hall–Kier alpha value is -1.92. The summed E-state index contributed by atoms with van der Waals surface area (Å²) in [5, 5.41) is 23.2. The lowest BCUT2D eigenvalue weighted by Crippen LogP contribution is -2.45. The number of allylic oxidation sites excluding steroid dienone is 6. The molecule has 2 atom stereocenters. The fourth-order valence-corrected chi connectivity index (χ4v) is 8.72. The number of rotatable bonds is 53. The summed E-state index contributed by atoms with van der Waals surface area (Å²) >= 11 is 0. The maximum absolute atomic E-state index is 12.4. The molecule has 0 saturated carbocycles. The van der Waals surface area contributed by atoms with Crippen molar-refractivity contribution in [2.75, 3.05) is 13.2 Å². The second-order valence-corrected chi connectivity index (χ2v) is 19.6. The number of amides is 1. The molecular formula is C59H111NO5. The molecule has 3 N–H and O–H groups in total. The number of hydrogen-bond acceptors (Lipinski definition) is 5. The van der Waals surface area contributed by atoms with Crippen LogP contribution in [0.15, 0.2) is 36.5 Å². The third kappa shape index (κ3) is 51.3. The third-order valence-electron chi connectivity index (χ3n) is 13.2. The van der Waals surface area contributed by atoms with Gasteiger partial charge in [0.05, 0.1) is 25.4 Å². The minimum absolute atomic E-state index is 0.00337. The number of ether oxygens (including phenoxy) is 1. The zero-order valence-electron chi connectivity index (χ0n) is 43.5. The first kappa shape index (κ1) is 63.1. The molecule has 1 amide bonds. The average molecular weight is 915 g/mol. The summed E-state index contributed by atoms with van der Waals surface area (Å²) in [6, 6.07) is -0.548. The lowest BCUT2D eigenvalue weighted by Gasteiger charge is -2.22. The highest BCUT2D eigenvalue weighted by molar-refractivity contribution is 5.76. The molecule has 0 heterocycles. The molecule has 0 aromatic heterocycles. The van der Waals surface area contributed by atoms with E-state index in [0.29, 0.717) is 25.9 Å². The van der Waals surface area contributed by atoms with Crippen LogP contribution in [-0.2, 0) is 14.3 Å². The molecule has 65 heavy (non-hydrogen) atoms. The van der Waals surface area contributed by atoms with Gasteiger partial charge < -0.3 is 20.3 Å². The van der Waals surface area contributed by atoms with E-state index in [1.807, 2.05) is 0 Å². The van der Waals surface area contributed by atoms with Crippen LogP contribution in [0.5, 0.6) is 0 Å². The largest absolute Gasteiger partial charge is 0.466 e. The molecular weight excluding hydrogens is 803 g/mol. The topological polar surface area (TPSA) is 95.9 Å². The van der Waals surface area contributed by atoms with E-state index in [-0.39, 0.29) is 18.5 Å². The maximum Gasteiger partial charge on any atom is 0.305 e. The van der Waals surface area contributed by atoms with Crippen LogP contribution in [0.1, 0.15) is 303 Å². The fraction of sp³-hybridized carbons (Fsp3) is 0.864. The maximum atomic E-state index is 12.4. The van der Waals surface area contributed by atoms with Gasteiger partial charge in [0, 0.05) is 12.8 Å². The standard InChI is InChI=1S/C59H111NO5/c1-3-5-7-9-11-13-15-28-31-35-39-43-47-51-57(62)56(55-61)60-58(63)52-48-44-40-36-32-29-26-24-22-20-18-17-19-21-23-25-27-30-34-38-42-46-50-54-65-59(64)53-49-45-41-37-33-16-14-12-10-8-6-4-2/h12,14,17,19-20,22,56-57,61-62H,3-11,13,15-16,18,21,23-55H2,1-2H3,(H,60,63)/b14-12-,19-17-,22-20-. The number of esters is 1. The second-order valence-electron chi connectivity index (χ2n) is 19.6. The minimum atomic E-state index is -0.670. The van der Waals surface area contributed by atoms with Crippen molar-refractivity contribution in [3.8, 4) is 0 Å². The first-order valence-electron chi connectivity index (χ1n) is 28.7. The summed E-state index contributed by atoms with van der Waals surface area (Å²) < 4.78 is 5.45. The van der Waals surface area contributed by atoms with Gasteiger partial charge in [-0.15, -0.1) is 0 Å². The molecule has 0 aromatic rings. The van der Waals surface area contributed by atoms with Crippen molar-refractivity contribution >= 4 is 11.9 Å². The van der Waals surface area contributed by atoms with Gasteiger partial charge in [-0.2, -0.15) is 0 Å². The Balaban J connectivity index is 3.45. The Bertz CT molecular complexity index is 1060. The van der Waals surface area contributed by atoms with Crippen LogP contribution in [-0.4, -0.2) is 47.4 Å². The molecule has 2 unspecified atom stereocenters. The molecule has 6 heteroatoms. The highest BCUT2D eigenvalue weighted by atomic mass is 16.5. The van der Waals surface area contributed by atoms with Crippen LogP contribution in [0.25, 0.3) is 0 Å². The molecule has 0 aliphatic rings. The predicted molar refractivity (Wildman–Crippen MR) is 283 cm³/mol. The van der Waals surface area contributed by atoms with Gasteiger partial charge >= 0.3 is 5.97 Å². The van der Waals surface area contributed by atoms with E-state index >= 15 is 0 Å². The van der Waals surface area contributed by atoms with Crippen molar-refractivity contribution in [1.29, 1.82) is 0 Å². The summed E-state index contributed by atoms with van der Waals surface area (Å²) in [5.41, 5.74) is 0. The van der Waals surface area contributed by atoms with E-state index in [1.165, 1.54) is 212 Å². The van der Waals surface area contributed by atoms with E-state index < -0.39 is 12.1 Å². The fourth-order valence-electron chi connectivity index (χ4n) is 8.72. The van der Waals surface area contributed by atoms with Crippen molar-refractivity contribution in [3.63, 3.8) is 0 Å². The first-order chi connectivity index (χ1) is 32.0. The van der Waals surface area contributed by atoms with Crippen LogP contribution in [0.4, 0.5) is 0 Å². The van der Waals surface area contributed by atoms with Crippen molar-refractivity contribution in [2.45, 2.75) is 315 Å². The van der Waals surface area contributed by atoms with E-state index in [4.69, 9.17) is 4.74 Å². The van der Waals surface area contributed by atoms with Crippen LogP contribution >= 0.6 is 0 Å². The summed E-state index contributed by atoms with van der Waals surface area (Å²) in [7, 11) is 0. The van der Waals surface area contributed by atoms with Gasteiger partial charge in [0.15, 0.2) is 0 Å². The van der Waals surface area contributed by atoms with Crippen LogP contribution in [0.3, 0.4) is 0 Å². The SMILES string of the molecule is CCCCC/C=C\CCCCCCCC(=O)OCCCCCCCCCCC/C=C\C/C=C\CCCCCCCCCC(=O)NC(CO)C(O)CCCCCCCCCCCCCCC. The van der Waals surface area contributed by atoms with Crippen molar-refractivity contribution in [2.24, 2.45) is 0 Å². The van der Waals surface area contributed by atoms with Crippen molar-refractivity contribution in [3.05, 3.63) is 36.5 Å². The average Bonchev–Trinajstić information content (AvgIpc) is 3.31. The molecule has 0 aliphatic carbocycles. The Kier molecular flexibility index (Phi) is 53.1. The van der Waals surface area contributed by atoms with E-state index in [1.54, 1.807) is 0 Å². The molecule has 0 rings (SSSR count). The molecule has 0 aromatic carbocycles. The van der Waals surface area contributed by atoms with Gasteiger partial charge in [-0.05, 0) is 83.5 Å². The summed E-state index contributed by atoms with van der Waals surface area (Å²) in [6.07, 6.45) is 67.1. The van der Waals surface area contributed by atoms with Gasteiger partial charge in [0.2, 0.25) is 5.91 Å². The first-order valence-corrected chi connectivity index (χ1v) is 28.7. The number of aliphatic hydroxyl groups is 2. The molecule has 0 aliphatic heterocycles. The number of carbonyl (C=O) groups is 2. The number of aliphatic hydroxyl groups excluding tert-OH is 2. The Morgan fingerprint density at radius 3 is 1.22 bits per heavy atom. The molecule has 382 valence electrons. The Morgan fingerprint density at radius 2 is 0.769 bits per heavy atom. The van der Waals surface area contributed by atoms with Gasteiger partial charge in [0.25, 0.3) is 0 Å².